The first-order valence-electron chi connectivity index (χ1n) is 6.71. The monoisotopic (exact) mass is 321 g/mol. The zero-order valence-corrected chi connectivity index (χ0v) is 12.5. The van der Waals surface area contributed by atoms with Gasteiger partial charge in [0, 0.05) is 0 Å². The Morgan fingerprint density at radius 2 is 1.65 bits per heavy atom. The molecule has 1 rings (SSSR count). The van der Waals surface area contributed by atoms with Gasteiger partial charge in [-0.15, -0.1) is 0 Å². The third kappa shape index (κ3) is 5.65. The smallest absolute Gasteiger partial charge is 0.312 e. The number of primary amides is 3. The summed E-state index contributed by atoms with van der Waals surface area (Å²) in [4.78, 5) is 45.3. The normalized spacial score (nSPS) is 11.6. The van der Waals surface area contributed by atoms with E-state index in [2.05, 4.69) is 10.6 Å². The van der Waals surface area contributed by atoms with Crippen molar-refractivity contribution in [3.63, 3.8) is 0 Å². The molecule has 0 radical (unpaired) electrons. The zero-order chi connectivity index (χ0) is 17.6. The molecule has 0 aliphatic rings. The highest BCUT2D eigenvalue weighted by atomic mass is 16.2. The third-order valence-electron chi connectivity index (χ3n) is 3.02. The summed E-state index contributed by atoms with van der Waals surface area (Å²) in [6.07, 6.45) is -0.247. The quantitative estimate of drug-likeness (QED) is 0.387. The van der Waals surface area contributed by atoms with E-state index in [1.165, 1.54) is 0 Å². The predicted molar refractivity (Wildman–Crippen MR) is 81.6 cm³/mol. The van der Waals surface area contributed by atoms with Gasteiger partial charge < -0.3 is 27.8 Å². The molecule has 0 fully saturated rings. The van der Waals surface area contributed by atoms with Crippen LogP contribution in [0.15, 0.2) is 24.3 Å². The number of urea groups is 1. The van der Waals surface area contributed by atoms with Crippen molar-refractivity contribution in [2.24, 2.45) is 17.2 Å². The molecule has 0 saturated heterocycles. The minimum Gasteiger partial charge on any atom is -0.367 e. The molecule has 0 aliphatic carbocycles. The molecule has 0 aliphatic heterocycles. The first-order valence-corrected chi connectivity index (χ1v) is 6.71. The van der Waals surface area contributed by atoms with Gasteiger partial charge in [-0.05, 0) is 12.5 Å². The molecule has 9 heteroatoms. The highest BCUT2D eigenvalue weighted by Gasteiger charge is 2.26. The van der Waals surface area contributed by atoms with E-state index in [0.29, 0.717) is 5.56 Å². The number of hydrogen-bond donors (Lipinski definition) is 5. The largest absolute Gasteiger partial charge is 0.367 e. The number of amides is 5. The Hall–Kier alpha value is -3.10. The first kappa shape index (κ1) is 18.0. The molecule has 0 saturated carbocycles. The maximum atomic E-state index is 12.0. The lowest BCUT2D eigenvalue weighted by Gasteiger charge is -2.19. The fourth-order valence-electron chi connectivity index (χ4n) is 2.00. The van der Waals surface area contributed by atoms with E-state index in [0.717, 1.165) is 5.56 Å². The fourth-order valence-corrected chi connectivity index (χ4v) is 2.00. The van der Waals surface area contributed by atoms with Crippen molar-refractivity contribution < 1.29 is 19.2 Å². The Bertz CT molecular complexity index is 617. The van der Waals surface area contributed by atoms with Crippen LogP contribution >= 0.6 is 0 Å². The lowest BCUT2D eigenvalue weighted by atomic mass is 10.0. The van der Waals surface area contributed by atoms with E-state index in [4.69, 9.17) is 17.2 Å². The molecule has 5 amide bonds. The standard InChI is InChI=1S/C14H19N5O4/c1-7-3-2-4-8(5-7)9(18-14(17)23)6-10(20)19-11(12(15)21)13(16)22/h2-5,9,11H,6H2,1H3,(H2,15,21)(H2,16,22)(H,19,20)(H3,17,18,23). The van der Waals surface area contributed by atoms with Gasteiger partial charge in [-0.2, -0.15) is 0 Å². The van der Waals surface area contributed by atoms with Crippen LogP contribution in [0.1, 0.15) is 23.6 Å². The van der Waals surface area contributed by atoms with Crippen LogP contribution in [0.2, 0.25) is 0 Å². The Balaban J connectivity index is 2.89. The van der Waals surface area contributed by atoms with Crippen LogP contribution in [-0.2, 0) is 14.4 Å². The molecule has 1 unspecified atom stereocenters. The minimum absolute atomic E-state index is 0.247. The van der Waals surface area contributed by atoms with Crippen LogP contribution in [0, 0.1) is 6.92 Å². The van der Waals surface area contributed by atoms with E-state index in [9.17, 15) is 19.2 Å². The van der Waals surface area contributed by atoms with Gasteiger partial charge in [0.15, 0.2) is 6.04 Å². The molecule has 0 heterocycles. The number of carbonyl (C=O) groups excluding carboxylic acids is 4. The Morgan fingerprint density at radius 3 is 2.13 bits per heavy atom. The summed E-state index contributed by atoms with van der Waals surface area (Å²) in [5.74, 6) is -2.82. The molecule has 9 nitrogen and oxygen atoms in total. The van der Waals surface area contributed by atoms with Crippen molar-refractivity contribution in [3.05, 3.63) is 35.4 Å². The summed E-state index contributed by atoms with van der Waals surface area (Å²) >= 11 is 0. The summed E-state index contributed by atoms with van der Waals surface area (Å²) < 4.78 is 0. The molecular weight excluding hydrogens is 302 g/mol. The molecule has 124 valence electrons. The van der Waals surface area contributed by atoms with Gasteiger partial charge in [0.25, 0.3) is 0 Å². The number of benzene rings is 1. The molecule has 8 N–H and O–H groups in total. The van der Waals surface area contributed by atoms with Crippen LogP contribution in [0.4, 0.5) is 4.79 Å². The van der Waals surface area contributed by atoms with Gasteiger partial charge in [-0.1, -0.05) is 29.8 Å². The molecule has 1 aromatic rings. The average Bonchev–Trinajstić information content (AvgIpc) is 2.43. The lowest BCUT2D eigenvalue weighted by Crippen LogP contribution is -2.53. The number of rotatable bonds is 7. The topological polar surface area (TPSA) is 170 Å². The van der Waals surface area contributed by atoms with Gasteiger partial charge >= 0.3 is 6.03 Å². The summed E-state index contributed by atoms with van der Waals surface area (Å²) in [5.41, 5.74) is 16.7. The molecule has 0 bridgehead atoms. The summed E-state index contributed by atoms with van der Waals surface area (Å²) in [6.45, 7) is 1.85. The van der Waals surface area contributed by atoms with Crippen molar-refractivity contribution in [1.82, 2.24) is 10.6 Å². The maximum absolute atomic E-state index is 12.0. The van der Waals surface area contributed by atoms with Gasteiger partial charge in [-0.3, -0.25) is 14.4 Å². The highest BCUT2D eigenvalue weighted by Crippen LogP contribution is 2.18. The number of carbonyl (C=O) groups is 4. The molecule has 1 atom stereocenters. The number of hydrogen-bond acceptors (Lipinski definition) is 4. The second-order valence-electron chi connectivity index (χ2n) is 4.98. The van der Waals surface area contributed by atoms with E-state index in [1.807, 2.05) is 13.0 Å². The third-order valence-corrected chi connectivity index (χ3v) is 3.02. The maximum Gasteiger partial charge on any atom is 0.312 e. The molecule has 0 aromatic heterocycles. The van der Waals surface area contributed by atoms with Gasteiger partial charge in [0.1, 0.15) is 0 Å². The van der Waals surface area contributed by atoms with Crippen molar-refractivity contribution >= 4 is 23.8 Å². The molecular formula is C14H19N5O4. The number of nitrogens with one attached hydrogen (secondary N) is 2. The van der Waals surface area contributed by atoms with Crippen molar-refractivity contribution in [2.45, 2.75) is 25.4 Å². The van der Waals surface area contributed by atoms with Crippen molar-refractivity contribution in [2.75, 3.05) is 0 Å². The first-order chi connectivity index (χ1) is 10.7. The Labute approximate surface area is 132 Å². The highest BCUT2D eigenvalue weighted by molar-refractivity contribution is 6.05. The van der Waals surface area contributed by atoms with Crippen molar-refractivity contribution in [1.29, 1.82) is 0 Å². The Kier molecular flexibility index (Phi) is 6.07. The van der Waals surface area contributed by atoms with Crippen molar-refractivity contribution in [3.8, 4) is 0 Å². The average molecular weight is 321 g/mol. The van der Waals surface area contributed by atoms with Gasteiger partial charge in [0.05, 0.1) is 12.5 Å². The van der Waals surface area contributed by atoms with E-state index in [1.54, 1.807) is 18.2 Å². The van der Waals surface area contributed by atoms with Crippen LogP contribution in [0.5, 0.6) is 0 Å². The van der Waals surface area contributed by atoms with E-state index in [-0.39, 0.29) is 6.42 Å². The fraction of sp³-hybridized carbons (Fsp3) is 0.286. The van der Waals surface area contributed by atoms with E-state index >= 15 is 0 Å². The zero-order valence-electron chi connectivity index (χ0n) is 12.5. The van der Waals surface area contributed by atoms with Crippen LogP contribution < -0.4 is 27.8 Å². The lowest BCUT2D eigenvalue weighted by molar-refractivity contribution is -0.134. The predicted octanol–water partition coefficient (Wildman–Crippen LogP) is -1.45. The second kappa shape index (κ2) is 7.78. The van der Waals surface area contributed by atoms with Gasteiger partial charge in [0.2, 0.25) is 17.7 Å². The summed E-state index contributed by atoms with van der Waals surface area (Å²) in [6, 6.07) is 3.93. The summed E-state index contributed by atoms with van der Waals surface area (Å²) in [5, 5.41) is 4.56. The van der Waals surface area contributed by atoms with Crippen LogP contribution in [-0.4, -0.2) is 29.8 Å². The number of aryl methyl sites for hydroxylation is 1. The van der Waals surface area contributed by atoms with Crippen LogP contribution in [0.3, 0.4) is 0 Å². The number of nitrogens with two attached hydrogens (primary N) is 3. The molecule has 23 heavy (non-hydrogen) atoms. The molecule has 1 aromatic carbocycles. The SMILES string of the molecule is Cc1cccc(C(CC(=O)NC(C(N)=O)C(N)=O)NC(N)=O)c1. The van der Waals surface area contributed by atoms with E-state index < -0.39 is 35.8 Å². The van der Waals surface area contributed by atoms with Gasteiger partial charge in [-0.25, -0.2) is 4.79 Å². The second-order valence-corrected chi connectivity index (χ2v) is 4.98. The Morgan fingerprint density at radius 1 is 1.04 bits per heavy atom. The minimum atomic E-state index is -1.62. The van der Waals surface area contributed by atoms with Crippen LogP contribution in [0.25, 0.3) is 0 Å². The summed E-state index contributed by atoms with van der Waals surface area (Å²) in [7, 11) is 0. The molecule has 0 spiro atoms.